The third-order valence-electron chi connectivity index (χ3n) is 6.57. The van der Waals surface area contributed by atoms with Gasteiger partial charge in [0.1, 0.15) is 6.10 Å². The van der Waals surface area contributed by atoms with Gasteiger partial charge in [-0.05, 0) is 36.8 Å². The molecule has 0 bridgehead atoms. The number of amides is 2. The number of hydrogen-bond donors (Lipinski definition) is 5. The third kappa shape index (κ3) is 8.89. The molecule has 3 unspecified atom stereocenters. The zero-order valence-electron chi connectivity index (χ0n) is 20.4. The Morgan fingerprint density at radius 2 is 1.35 bits per heavy atom. The molecule has 0 aliphatic carbocycles. The lowest BCUT2D eigenvalue weighted by atomic mass is 9.82. The van der Waals surface area contributed by atoms with Crippen molar-refractivity contribution in [2.24, 2.45) is 16.9 Å². The van der Waals surface area contributed by atoms with Crippen LogP contribution in [0.2, 0.25) is 0 Å². The highest BCUT2D eigenvalue weighted by Gasteiger charge is 2.30. The van der Waals surface area contributed by atoms with E-state index >= 15 is 0 Å². The summed E-state index contributed by atoms with van der Waals surface area (Å²) < 4.78 is 0. The van der Waals surface area contributed by atoms with Crippen molar-refractivity contribution in [3.63, 3.8) is 0 Å². The molecule has 7 nitrogen and oxygen atoms in total. The second kappa shape index (κ2) is 13.8. The van der Waals surface area contributed by atoms with Crippen molar-refractivity contribution < 1.29 is 14.7 Å². The normalized spacial score (nSPS) is 14.1. The van der Waals surface area contributed by atoms with Crippen molar-refractivity contribution in [2.45, 2.75) is 64.1 Å². The molecule has 2 amide bonds. The van der Waals surface area contributed by atoms with E-state index in [0.29, 0.717) is 25.9 Å². The molecule has 34 heavy (non-hydrogen) atoms. The van der Waals surface area contributed by atoms with E-state index in [4.69, 9.17) is 11.5 Å². The number of hydrogen-bond acceptors (Lipinski definition) is 5. The minimum absolute atomic E-state index is 0.106. The molecule has 0 fully saturated rings. The molecule has 0 aliphatic heterocycles. The summed E-state index contributed by atoms with van der Waals surface area (Å²) in [5, 5.41) is 16.2. The van der Waals surface area contributed by atoms with Gasteiger partial charge in [0.2, 0.25) is 11.8 Å². The van der Waals surface area contributed by atoms with Gasteiger partial charge in [0.15, 0.2) is 0 Å². The lowest BCUT2D eigenvalue weighted by Gasteiger charge is -2.33. The van der Waals surface area contributed by atoms with E-state index in [9.17, 15) is 14.7 Å². The van der Waals surface area contributed by atoms with Crippen molar-refractivity contribution in [3.05, 3.63) is 71.8 Å². The van der Waals surface area contributed by atoms with Crippen molar-refractivity contribution in [2.75, 3.05) is 13.1 Å². The van der Waals surface area contributed by atoms with Gasteiger partial charge in [0, 0.05) is 37.0 Å². The van der Waals surface area contributed by atoms with Crippen molar-refractivity contribution >= 4 is 11.8 Å². The Morgan fingerprint density at radius 1 is 0.853 bits per heavy atom. The second-order valence-corrected chi connectivity index (χ2v) is 9.15. The summed E-state index contributed by atoms with van der Waals surface area (Å²) in [6, 6.07) is 18.4. The standard InChI is InChI=1S/C27H40N4O3/c1-3-27(4-2,18-30-24(32)17-22(28)15-20-11-7-5-8-12-20)19-31-26(34)25(33)23(29)16-21-13-9-6-10-14-21/h5-14,22-23,25,33H,3-4,15-19,28-29H2,1-2H3,(H,30,32)(H,31,34). The number of rotatable bonds is 14. The summed E-state index contributed by atoms with van der Waals surface area (Å²) in [7, 11) is 0. The summed E-state index contributed by atoms with van der Waals surface area (Å²) in [4.78, 5) is 25.1. The molecule has 0 aliphatic rings. The van der Waals surface area contributed by atoms with Crippen LogP contribution in [0.25, 0.3) is 0 Å². The molecule has 0 heterocycles. The maximum Gasteiger partial charge on any atom is 0.250 e. The van der Waals surface area contributed by atoms with Crippen LogP contribution >= 0.6 is 0 Å². The molecular formula is C27H40N4O3. The van der Waals surface area contributed by atoms with Crippen LogP contribution in [0.3, 0.4) is 0 Å². The Labute approximate surface area is 203 Å². The number of benzene rings is 2. The average molecular weight is 469 g/mol. The summed E-state index contributed by atoms with van der Waals surface area (Å²) in [6.45, 7) is 4.81. The quantitative estimate of drug-likeness (QED) is 0.289. The predicted octanol–water partition coefficient (Wildman–Crippen LogP) is 1.92. The fraction of sp³-hybridized carbons (Fsp3) is 0.481. The second-order valence-electron chi connectivity index (χ2n) is 9.15. The van der Waals surface area contributed by atoms with E-state index < -0.39 is 18.1 Å². The van der Waals surface area contributed by atoms with Crippen LogP contribution in [0.1, 0.15) is 44.2 Å². The Kier molecular flexibility index (Phi) is 11.2. The van der Waals surface area contributed by atoms with E-state index in [1.165, 1.54) is 0 Å². The summed E-state index contributed by atoms with van der Waals surface area (Å²) >= 11 is 0. The molecule has 2 aromatic rings. The van der Waals surface area contributed by atoms with Gasteiger partial charge in [-0.2, -0.15) is 0 Å². The zero-order valence-corrected chi connectivity index (χ0v) is 20.4. The monoisotopic (exact) mass is 468 g/mol. The predicted molar refractivity (Wildman–Crippen MR) is 136 cm³/mol. The molecule has 3 atom stereocenters. The lowest BCUT2D eigenvalue weighted by Crippen LogP contribution is -2.51. The molecule has 0 spiro atoms. The van der Waals surface area contributed by atoms with Gasteiger partial charge < -0.3 is 27.2 Å². The maximum absolute atomic E-state index is 12.6. The highest BCUT2D eigenvalue weighted by molar-refractivity contribution is 5.81. The highest BCUT2D eigenvalue weighted by atomic mass is 16.3. The summed E-state index contributed by atoms with van der Waals surface area (Å²) in [6.07, 6.45) is 1.48. The number of carbonyl (C=O) groups is 2. The first-order valence-electron chi connectivity index (χ1n) is 12.1. The molecule has 7 heteroatoms. The van der Waals surface area contributed by atoms with E-state index in [-0.39, 0.29) is 23.8 Å². The maximum atomic E-state index is 12.6. The van der Waals surface area contributed by atoms with Gasteiger partial charge in [0.25, 0.3) is 0 Å². The van der Waals surface area contributed by atoms with E-state index in [1.807, 2.05) is 74.5 Å². The minimum Gasteiger partial charge on any atom is -0.382 e. The fourth-order valence-electron chi connectivity index (χ4n) is 3.97. The lowest BCUT2D eigenvalue weighted by molar-refractivity contribution is -0.130. The Morgan fingerprint density at radius 3 is 1.88 bits per heavy atom. The molecule has 2 aromatic carbocycles. The van der Waals surface area contributed by atoms with Crippen molar-refractivity contribution in [1.29, 1.82) is 0 Å². The largest absolute Gasteiger partial charge is 0.382 e. The molecule has 0 saturated carbocycles. The molecule has 7 N–H and O–H groups in total. The smallest absolute Gasteiger partial charge is 0.250 e. The molecule has 0 saturated heterocycles. The van der Waals surface area contributed by atoms with Gasteiger partial charge >= 0.3 is 0 Å². The Bertz CT molecular complexity index is 872. The van der Waals surface area contributed by atoms with Crippen LogP contribution < -0.4 is 22.1 Å². The molecule has 0 radical (unpaired) electrons. The topological polar surface area (TPSA) is 130 Å². The van der Waals surface area contributed by atoms with Gasteiger partial charge in [-0.3, -0.25) is 9.59 Å². The minimum atomic E-state index is -1.31. The number of nitrogens with one attached hydrogen (secondary N) is 2. The van der Waals surface area contributed by atoms with Crippen LogP contribution in [0, 0.1) is 5.41 Å². The van der Waals surface area contributed by atoms with Gasteiger partial charge in [-0.25, -0.2) is 0 Å². The van der Waals surface area contributed by atoms with E-state index in [1.54, 1.807) is 0 Å². The van der Waals surface area contributed by atoms with Crippen molar-refractivity contribution in [1.82, 2.24) is 10.6 Å². The first-order valence-corrected chi connectivity index (χ1v) is 12.1. The van der Waals surface area contributed by atoms with Crippen molar-refractivity contribution in [3.8, 4) is 0 Å². The number of aliphatic hydroxyl groups is 1. The molecule has 186 valence electrons. The first kappa shape index (κ1) is 27.5. The Hall–Kier alpha value is -2.74. The summed E-state index contributed by atoms with van der Waals surface area (Å²) in [5.74, 6) is -0.600. The van der Waals surface area contributed by atoms with Crippen LogP contribution in [0.4, 0.5) is 0 Å². The van der Waals surface area contributed by atoms with Crippen LogP contribution in [0.5, 0.6) is 0 Å². The van der Waals surface area contributed by atoms with E-state index in [0.717, 1.165) is 24.0 Å². The zero-order chi connectivity index (χ0) is 25.0. The summed E-state index contributed by atoms with van der Waals surface area (Å²) in [5.41, 5.74) is 14.0. The van der Waals surface area contributed by atoms with Gasteiger partial charge in [-0.1, -0.05) is 74.5 Å². The van der Waals surface area contributed by atoms with Crippen LogP contribution in [0.15, 0.2) is 60.7 Å². The SMILES string of the molecule is CCC(CC)(CNC(=O)CC(N)Cc1ccccc1)CNC(=O)C(O)C(N)Cc1ccccc1. The van der Waals surface area contributed by atoms with Gasteiger partial charge in [0.05, 0.1) is 0 Å². The van der Waals surface area contributed by atoms with Gasteiger partial charge in [-0.15, -0.1) is 0 Å². The number of nitrogens with two attached hydrogens (primary N) is 2. The number of carbonyl (C=O) groups excluding carboxylic acids is 2. The fourth-order valence-corrected chi connectivity index (χ4v) is 3.97. The Balaban J connectivity index is 1.82. The average Bonchev–Trinajstić information content (AvgIpc) is 2.85. The third-order valence-corrected chi connectivity index (χ3v) is 6.57. The highest BCUT2D eigenvalue weighted by Crippen LogP contribution is 2.24. The van der Waals surface area contributed by atoms with E-state index in [2.05, 4.69) is 10.6 Å². The molecular weight excluding hydrogens is 428 g/mol. The number of aliphatic hydroxyl groups excluding tert-OH is 1. The molecule has 0 aromatic heterocycles. The molecule has 2 rings (SSSR count). The van der Waals surface area contributed by atoms with Crippen LogP contribution in [-0.2, 0) is 22.4 Å². The van der Waals surface area contributed by atoms with Crippen LogP contribution in [-0.4, -0.2) is 48.2 Å². The first-order chi connectivity index (χ1) is 16.3.